The summed E-state index contributed by atoms with van der Waals surface area (Å²) >= 11 is 0. The topological polar surface area (TPSA) is 0 Å². The lowest BCUT2D eigenvalue weighted by molar-refractivity contribution is 0.115. The van der Waals surface area contributed by atoms with Crippen molar-refractivity contribution in [3.05, 3.63) is 23.3 Å². The first kappa shape index (κ1) is 18.4. The average molecular weight is 298 g/mol. The van der Waals surface area contributed by atoms with Crippen molar-refractivity contribution in [2.75, 3.05) is 6.67 Å². The van der Waals surface area contributed by atoms with E-state index in [-0.39, 0.29) is 0 Å². The van der Waals surface area contributed by atoms with Crippen LogP contribution in [0.25, 0.3) is 0 Å². The van der Waals surface area contributed by atoms with Crippen molar-refractivity contribution in [2.24, 2.45) is 23.2 Å². The van der Waals surface area contributed by atoms with E-state index in [9.17, 15) is 8.78 Å². The highest BCUT2D eigenvalue weighted by atomic mass is 19.1. The van der Waals surface area contributed by atoms with Crippen LogP contribution in [0.3, 0.4) is 0 Å². The zero-order chi connectivity index (χ0) is 16.2. The van der Waals surface area contributed by atoms with E-state index >= 15 is 0 Å². The lowest BCUT2D eigenvalue weighted by atomic mass is 9.71. The van der Waals surface area contributed by atoms with Crippen LogP contribution >= 0.6 is 0 Å². The number of allylic oxidation sites excluding steroid dienone is 4. The van der Waals surface area contributed by atoms with E-state index in [1.807, 2.05) is 26.8 Å². The second kappa shape index (κ2) is 7.56. The molecule has 0 saturated heterocycles. The Morgan fingerprint density at radius 1 is 1.29 bits per heavy atom. The molecule has 0 spiro atoms. The molecule has 0 amide bonds. The molecule has 122 valence electrons. The van der Waals surface area contributed by atoms with Gasteiger partial charge >= 0.3 is 0 Å². The van der Waals surface area contributed by atoms with Gasteiger partial charge in [0.15, 0.2) is 0 Å². The van der Waals surface area contributed by atoms with Crippen LogP contribution in [-0.4, -0.2) is 12.8 Å². The Labute approximate surface area is 129 Å². The third kappa shape index (κ3) is 3.96. The molecule has 0 nitrogen and oxygen atoms in total. The maximum atomic E-state index is 14.8. The first-order valence-corrected chi connectivity index (χ1v) is 8.37. The summed E-state index contributed by atoms with van der Waals surface area (Å²) in [6.07, 6.45) is 5.87. The Hall–Kier alpha value is -0.660. The number of alkyl halides is 2. The van der Waals surface area contributed by atoms with Crippen LogP contribution < -0.4 is 0 Å². The quantitative estimate of drug-likeness (QED) is 0.523. The van der Waals surface area contributed by atoms with Gasteiger partial charge in [0.2, 0.25) is 0 Å². The van der Waals surface area contributed by atoms with Crippen molar-refractivity contribution in [3.8, 4) is 0 Å². The van der Waals surface area contributed by atoms with E-state index in [4.69, 9.17) is 0 Å². The molecule has 0 aromatic carbocycles. The van der Waals surface area contributed by atoms with Gasteiger partial charge in [0.25, 0.3) is 0 Å². The maximum Gasteiger partial charge on any atom is 0.118 e. The summed E-state index contributed by atoms with van der Waals surface area (Å²) in [5, 5.41) is 0. The van der Waals surface area contributed by atoms with Gasteiger partial charge in [0.05, 0.1) is 6.67 Å². The summed E-state index contributed by atoms with van der Waals surface area (Å²) in [4.78, 5) is 0. The van der Waals surface area contributed by atoms with E-state index in [0.717, 1.165) is 24.8 Å². The molecule has 1 aliphatic rings. The molecule has 0 N–H and O–H groups in total. The minimum Gasteiger partial charge on any atom is -0.250 e. The molecule has 0 bridgehead atoms. The lowest BCUT2D eigenvalue weighted by Crippen LogP contribution is -2.35. The Morgan fingerprint density at radius 2 is 1.90 bits per heavy atom. The Balaban J connectivity index is 3.19. The van der Waals surface area contributed by atoms with Gasteiger partial charge in [0, 0.05) is 11.3 Å². The van der Waals surface area contributed by atoms with E-state index in [0.29, 0.717) is 11.8 Å². The molecular formula is C19H32F2. The minimum absolute atomic E-state index is 0.432. The number of halogens is 2. The molecule has 1 aliphatic carbocycles. The smallest absolute Gasteiger partial charge is 0.118 e. The molecule has 0 heterocycles. The third-order valence-corrected chi connectivity index (χ3v) is 5.58. The largest absolute Gasteiger partial charge is 0.250 e. The van der Waals surface area contributed by atoms with Gasteiger partial charge in [0.1, 0.15) is 6.17 Å². The average Bonchev–Trinajstić information content (AvgIpc) is 2.47. The van der Waals surface area contributed by atoms with Crippen LogP contribution in [0, 0.1) is 23.2 Å². The zero-order valence-electron chi connectivity index (χ0n) is 14.5. The monoisotopic (exact) mass is 298 g/mol. The van der Waals surface area contributed by atoms with Crippen LogP contribution in [0.4, 0.5) is 8.78 Å². The van der Waals surface area contributed by atoms with Crippen molar-refractivity contribution in [1.29, 1.82) is 0 Å². The lowest BCUT2D eigenvalue weighted by Gasteiger charge is -2.36. The molecule has 2 heteroatoms. The van der Waals surface area contributed by atoms with Gasteiger partial charge in [-0.15, -0.1) is 0 Å². The second-order valence-corrected chi connectivity index (χ2v) is 7.17. The van der Waals surface area contributed by atoms with E-state index in [1.54, 1.807) is 0 Å². The molecule has 4 unspecified atom stereocenters. The minimum atomic E-state index is -1.16. The van der Waals surface area contributed by atoms with Crippen molar-refractivity contribution in [1.82, 2.24) is 0 Å². The summed E-state index contributed by atoms with van der Waals surface area (Å²) < 4.78 is 28.2. The summed E-state index contributed by atoms with van der Waals surface area (Å²) in [5.41, 5.74) is 1.68. The van der Waals surface area contributed by atoms with Crippen LogP contribution in [0.15, 0.2) is 23.3 Å². The first-order valence-electron chi connectivity index (χ1n) is 8.37. The van der Waals surface area contributed by atoms with Gasteiger partial charge in [-0.05, 0) is 31.6 Å². The number of rotatable bonds is 5. The van der Waals surface area contributed by atoms with E-state index < -0.39 is 24.2 Å². The van der Waals surface area contributed by atoms with Crippen LogP contribution in [0.5, 0.6) is 0 Å². The van der Waals surface area contributed by atoms with Crippen molar-refractivity contribution < 1.29 is 8.78 Å². The highest BCUT2D eigenvalue weighted by Gasteiger charge is 2.38. The van der Waals surface area contributed by atoms with Gasteiger partial charge in [-0.1, -0.05) is 64.3 Å². The highest BCUT2D eigenvalue weighted by molar-refractivity contribution is 5.24. The van der Waals surface area contributed by atoms with Crippen molar-refractivity contribution in [2.45, 2.75) is 67.0 Å². The van der Waals surface area contributed by atoms with Crippen molar-refractivity contribution >= 4 is 0 Å². The highest BCUT2D eigenvalue weighted by Crippen LogP contribution is 2.41. The zero-order valence-corrected chi connectivity index (χ0v) is 14.5. The van der Waals surface area contributed by atoms with Crippen LogP contribution in [-0.2, 0) is 0 Å². The molecule has 0 radical (unpaired) electrons. The molecule has 1 rings (SSSR count). The Bertz CT molecular complexity index is 392. The van der Waals surface area contributed by atoms with E-state index in [1.165, 1.54) is 5.57 Å². The van der Waals surface area contributed by atoms with E-state index in [2.05, 4.69) is 26.8 Å². The number of hydrogen-bond donors (Lipinski definition) is 0. The Kier molecular flexibility index (Phi) is 6.62. The summed E-state index contributed by atoms with van der Waals surface area (Å²) in [6.45, 7) is 11.7. The SMILES string of the molecule is CCC(C)C(CC)/C1=C/C(CF)C(F)C(C)(C)/C(C)=C\C1. The third-order valence-electron chi connectivity index (χ3n) is 5.58. The predicted octanol–water partition coefficient (Wildman–Crippen LogP) is 6.29. The van der Waals surface area contributed by atoms with Gasteiger partial charge in [-0.3, -0.25) is 4.39 Å². The number of hydrogen-bond acceptors (Lipinski definition) is 0. The molecule has 0 fully saturated rings. The van der Waals surface area contributed by atoms with Crippen molar-refractivity contribution in [3.63, 3.8) is 0 Å². The summed E-state index contributed by atoms with van der Waals surface area (Å²) in [6, 6.07) is 0. The molecule has 0 aliphatic heterocycles. The summed E-state index contributed by atoms with van der Waals surface area (Å²) in [5.74, 6) is 0.374. The normalized spacial score (nSPS) is 33.9. The van der Waals surface area contributed by atoms with Crippen LogP contribution in [0.2, 0.25) is 0 Å². The molecule has 0 saturated carbocycles. The fraction of sp³-hybridized carbons (Fsp3) is 0.789. The first-order chi connectivity index (χ1) is 9.79. The van der Waals surface area contributed by atoms with Gasteiger partial charge in [-0.25, -0.2) is 4.39 Å². The fourth-order valence-corrected chi connectivity index (χ4v) is 3.43. The standard InChI is InChI=1S/C19H32F2/c1-7-13(3)17(8-2)15-10-9-14(4)19(5,6)18(21)16(11-15)12-20/h9,11,13,16-18H,7-8,10,12H2,1-6H3/b14-9-,15-11+. The molecule has 0 aromatic heterocycles. The fourth-order valence-electron chi connectivity index (χ4n) is 3.43. The molecule has 4 atom stereocenters. The predicted molar refractivity (Wildman–Crippen MR) is 87.8 cm³/mol. The van der Waals surface area contributed by atoms with Gasteiger partial charge in [-0.2, -0.15) is 0 Å². The van der Waals surface area contributed by atoms with Gasteiger partial charge < -0.3 is 0 Å². The molecule has 21 heavy (non-hydrogen) atoms. The molecule has 0 aromatic rings. The van der Waals surface area contributed by atoms with Crippen LogP contribution in [0.1, 0.15) is 60.8 Å². The molecular weight excluding hydrogens is 266 g/mol. The summed E-state index contributed by atoms with van der Waals surface area (Å²) in [7, 11) is 0. The second-order valence-electron chi connectivity index (χ2n) is 7.17. The Morgan fingerprint density at radius 3 is 2.38 bits per heavy atom. The maximum absolute atomic E-state index is 14.8.